The molecule has 0 spiro atoms. The Bertz CT molecular complexity index is 218. The molecule has 4 N–H and O–H groups in total. The third kappa shape index (κ3) is 2.57. The van der Waals surface area contributed by atoms with E-state index >= 15 is 0 Å². The minimum absolute atomic E-state index is 0.412. The summed E-state index contributed by atoms with van der Waals surface area (Å²) in [5.74, 6) is 0.575. The molecule has 0 radical (unpaired) electrons. The van der Waals surface area contributed by atoms with Crippen molar-refractivity contribution in [1.82, 2.24) is 10.3 Å². The van der Waals surface area contributed by atoms with Crippen molar-refractivity contribution in [3.05, 3.63) is 24.0 Å². The Hall–Kier alpha value is -0.800. The van der Waals surface area contributed by atoms with Crippen LogP contribution in [0.15, 0.2) is 18.5 Å². The molecule has 2 atom stereocenters. The zero-order chi connectivity index (χ0) is 9.68. The first-order valence-electron chi connectivity index (χ1n) is 4.79. The van der Waals surface area contributed by atoms with Crippen LogP contribution in [0.3, 0.4) is 0 Å². The van der Waals surface area contributed by atoms with Crippen LogP contribution in [0, 0.1) is 5.92 Å². The summed E-state index contributed by atoms with van der Waals surface area (Å²) < 4.78 is 0. The summed E-state index contributed by atoms with van der Waals surface area (Å²) in [6.07, 6.45) is 5.04. The van der Waals surface area contributed by atoms with E-state index in [-0.39, 0.29) is 0 Å². The molecule has 0 aliphatic rings. The second-order valence-corrected chi connectivity index (χ2v) is 3.47. The molecular weight excluding hydrogens is 162 g/mol. The van der Waals surface area contributed by atoms with Crippen molar-refractivity contribution < 1.29 is 0 Å². The Morgan fingerprint density at radius 3 is 2.85 bits per heavy atom. The second-order valence-electron chi connectivity index (χ2n) is 3.47. The summed E-state index contributed by atoms with van der Waals surface area (Å²) in [5.41, 5.74) is 6.85. The van der Waals surface area contributed by atoms with Gasteiger partial charge in [0.05, 0.1) is 0 Å². The lowest BCUT2D eigenvalue weighted by Gasteiger charge is -2.22. The molecule has 0 aliphatic carbocycles. The minimum Gasteiger partial charge on any atom is -0.367 e. The highest BCUT2D eigenvalue weighted by atomic mass is 14.9. The number of hydrogen-bond donors (Lipinski definition) is 3. The van der Waals surface area contributed by atoms with Crippen LogP contribution in [0.2, 0.25) is 0 Å². The van der Waals surface area contributed by atoms with Crippen LogP contribution in [0.1, 0.15) is 24.9 Å². The topological polar surface area (TPSA) is 53.8 Å². The molecule has 0 fully saturated rings. The van der Waals surface area contributed by atoms with E-state index in [2.05, 4.69) is 23.3 Å². The molecule has 1 aromatic heterocycles. The van der Waals surface area contributed by atoms with Crippen LogP contribution >= 0.6 is 0 Å². The minimum atomic E-state index is 0.412. The van der Waals surface area contributed by atoms with Gasteiger partial charge in [0, 0.05) is 18.4 Å². The largest absolute Gasteiger partial charge is 0.367 e. The van der Waals surface area contributed by atoms with Gasteiger partial charge in [-0.3, -0.25) is 0 Å². The van der Waals surface area contributed by atoms with Crippen LogP contribution < -0.4 is 11.1 Å². The van der Waals surface area contributed by atoms with Crippen molar-refractivity contribution >= 4 is 0 Å². The molecule has 0 saturated carbocycles. The van der Waals surface area contributed by atoms with E-state index in [1.54, 1.807) is 0 Å². The Labute approximate surface area is 79.7 Å². The monoisotopic (exact) mass is 181 g/mol. The number of aromatic amines is 1. The van der Waals surface area contributed by atoms with E-state index in [9.17, 15) is 0 Å². The van der Waals surface area contributed by atoms with Gasteiger partial charge in [0.15, 0.2) is 0 Å². The van der Waals surface area contributed by atoms with Crippen molar-refractivity contribution in [2.45, 2.75) is 19.4 Å². The van der Waals surface area contributed by atoms with E-state index in [1.165, 1.54) is 5.56 Å². The summed E-state index contributed by atoms with van der Waals surface area (Å²) in [5, 5.41) is 3.31. The van der Waals surface area contributed by atoms with E-state index in [0.717, 1.165) is 13.0 Å². The standard InChI is InChI=1S/C10H19N3/c1-8(3-5-11)10(12-2)9-4-6-13-7-9/h4,6-8,10,12-13H,3,5,11H2,1-2H3. The first-order valence-corrected chi connectivity index (χ1v) is 4.79. The number of rotatable bonds is 5. The Morgan fingerprint density at radius 1 is 1.62 bits per heavy atom. The fourth-order valence-corrected chi connectivity index (χ4v) is 1.74. The highest BCUT2D eigenvalue weighted by Gasteiger charge is 2.16. The van der Waals surface area contributed by atoms with Gasteiger partial charge >= 0.3 is 0 Å². The van der Waals surface area contributed by atoms with E-state index in [4.69, 9.17) is 5.73 Å². The number of nitrogens with one attached hydrogen (secondary N) is 2. The summed E-state index contributed by atoms with van der Waals surface area (Å²) in [6, 6.07) is 2.52. The molecule has 1 aromatic rings. The van der Waals surface area contributed by atoms with Gasteiger partial charge < -0.3 is 16.0 Å². The average Bonchev–Trinajstić information content (AvgIpc) is 2.59. The molecule has 74 valence electrons. The third-order valence-corrected chi connectivity index (χ3v) is 2.48. The number of H-pyrrole nitrogens is 1. The van der Waals surface area contributed by atoms with E-state index in [0.29, 0.717) is 12.0 Å². The summed E-state index contributed by atoms with van der Waals surface area (Å²) in [6.45, 7) is 2.98. The van der Waals surface area contributed by atoms with Gasteiger partial charge in [0.2, 0.25) is 0 Å². The Kier molecular flexibility index (Phi) is 3.99. The maximum atomic E-state index is 5.54. The molecule has 0 bridgehead atoms. The first kappa shape index (κ1) is 10.3. The zero-order valence-corrected chi connectivity index (χ0v) is 8.38. The lowest BCUT2D eigenvalue weighted by molar-refractivity contribution is 0.392. The van der Waals surface area contributed by atoms with Crippen molar-refractivity contribution in [1.29, 1.82) is 0 Å². The van der Waals surface area contributed by atoms with Gasteiger partial charge in [-0.1, -0.05) is 6.92 Å². The van der Waals surface area contributed by atoms with Crippen LogP contribution in [-0.2, 0) is 0 Å². The number of hydrogen-bond acceptors (Lipinski definition) is 2. The number of nitrogens with two attached hydrogens (primary N) is 1. The fourth-order valence-electron chi connectivity index (χ4n) is 1.74. The van der Waals surface area contributed by atoms with Crippen LogP contribution in [0.25, 0.3) is 0 Å². The predicted octanol–water partition coefficient (Wildman–Crippen LogP) is 1.26. The maximum absolute atomic E-state index is 5.54. The molecule has 3 heteroatoms. The van der Waals surface area contributed by atoms with Gasteiger partial charge in [-0.15, -0.1) is 0 Å². The molecule has 13 heavy (non-hydrogen) atoms. The van der Waals surface area contributed by atoms with E-state index < -0.39 is 0 Å². The SMILES string of the molecule is CNC(c1cc[nH]c1)C(C)CCN. The molecule has 1 heterocycles. The smallest absolute Gasteiger partial charge is 0.0359 e. The van der Waals surface area contributed by atoms with Gasteiger partial charge in [-0.25, -0.2) is 0 Å². The molecular formula is C10H19N3. The first-order chi connectivity index (χ1) is 6.29. The van der Waals surface area contributed by atoms with Crippen LogP contribution in [-0.4, -0.2) is 18.6 Å². The summed E-state index contributed by atoms with van der Waals surface area (Å²) in [4.78, 5) is 3.07. The Balaban J connectivity index is 2.62. The Morgan fingerprint density at radius 2 is 2.38 bits per heavy atom. The molecule has 1 rings (SSSR count). The lowest BCUT2D eigenvalue weighted by atomic mass is 9.94. The highest BCUT2D eigenvalue weighted by molar-refractivity contribution is 5.14. The lowest BCUT2D eigenvalue weighted by Crippen LogP contribution is -2.24. The van der Waals surface area contributed by atoms with Crippen molar-refractivity contribution in [3.8, 4) is 0 Å². The van der Waals surface area contributed by atoms with Crippen molar-refractivity contribution in [2.75, 3.05) is 13.6 Å². The second kappa shape index (κ2) is 5.04. The normalized spacial score (nSPS) is 15.6. The van der Waals surface area contributed by atoms with Crippen molar-refractivity contribution in [2.24, 2.45) is 11.7 Å². The van der Waals surface area contributed by atoms with Gasteiger partial charge in [-0.05, 0) is 37.6 Å². The molecule has 2 unspecified atom stereocenters. The molecule has 0 aromatic carbocycles. The molecule has 3 nitrogen and oxygen atoms in total. The van der Waals surface area contributed by atoms with Crippen LogP contribution in [0.5, 0.6) is 0 Å². The van der Waals surface area contributed by atoms with E-state index in [1.807, 2.05) is 19.4 Å². The van der Waals surface area contributed by atoms with Crippen LogP contribution in [0.4, 0.5) is 0 Å². The highest BCUT2D eigenvalue weighted by Crippen LogP contribution is 2.22. The molecule has 0 aliphatic heterocycles. The zero-order valence-electron chi connectivity index (χ0n) is 8.38. The predicted molar refractivity (Wildman–Crippen MR) is 55.4 cm³/mol. The van der Waals surface area contributed by atoms with Crippen molar-refractivity contribution in [3.63, 3.8) is 0 Å². The molecule has 0 amide bonds. The summed E-state index contributed by atoms with van der Waals surface area (Å²) >= 11 is 0. The van der Waals surface area contributed by atoms with Gasteiger partial charge in [-0.2, -0.15) is 0 Å². The molecule has 0 saturated heterocycles. The van der Waals surface area contributed by atoms with Gasteiger partial charge in [0.1, 0.15) is 0 Å². The quantitative estimate of drug-likeness (QED) is 0.640. The number of aromatic nitrogens is 1. The third-order valence-electron chi connectivity index (χ3n) is 2.48. The maximum Gasteiger partial charge on any atom is 0.0359 e. The average molecular weight is 181 g/mol. The summed E-state index contributed by atoms with van der Waals surface area (Å²) in [7, 11) is 1.99. The fraction of sp³-hybridized carbons (Fsp3) is 0.600. The van der Waals surface area contributed by atoms with Gasteiger partial charge in [0.25, 0.3) is 0 Å².